The van der Waals surface area contributed by atoms with E-state index < -0.39 is 0 Å². The molecule has 1 atom stereocenters. The maximum Gasteiger partial charge on any atom is 0.274 e. The van der Waals surface area contributed by atoms with Crippen LogP contribution in [-0.4, -0.2) is 82.7 Å². The summed E-state index contributed by atoms with van der Waals surface area (Å²) < 4.78 is 2.25. The lowest BCUT2D eigenvalue weighted by Crippen LogP contribution is -2.50. The summed E-state index contributed by atoms with van der Waals surface area (Å²) in [6, 6.07) is 1.37. The summed E-state index contributed by atoms with van der Waals surface area (Å²) in [6.45, 7) is 6.07. The van der Waals surface area contributed by atoms with E-state index in [4.69, 9.17) is 5.10 Å². The maximum absolute atomic E-state index is 13.1. The standard InChI is InChI=1S/C27H45N5O/c1-29(2)27(33)26-24-19-23(31-17-13-22(14-18-31)30-15-7-4-8-16-30)11-12-25(24)32(28-26)20-21-9-5-3-6-10-21/h21-23H,3-20H2,1-2H3. The molecule has 0 spiro atoms. The molecule has 1 aromatic rings. The SMILES string of the molecule is CN(C)C(=O)c1nn(CC2CCCCC2)c2c1CC(N1CCC(N3CCCCC3)CC1)CC2. The zero-order chi connectivity index (χ0) is 22.8. The number of hydrogen-bond acceptors (Lipinski definition) is 4. The minimum absolute atomic E-state index is 0.0816. The number of piperidine rings is 2. The van der Waals surface area contributed by atoms with Gasteiger partial charge in [0.05, 0.1) is 0 Å². The Bertz CT molecular complexity index is 798. The van der Waals surface area contributed by atoms with Gasteiger partial charge in [0, 0.05) is 44.0 Å². The highest BCUT2D eigenvalue weighted by atomic mass is 16.2. The molecule has 0 radical (unpaired) electrons. The average molecular weight is 456 g/mol. The fourth-order valence-corrected chi connectivity index (χ4v) is 7.03. The van der Waals surface area contributed by atoms with Crippen LogP contribution < -0.4 is 0 Å². The van der Waals surface area contributed by atoms with Crippen molar-refractivity contribution in [1.29, 1.82) is 0 Å². The highest BCUT2D eigenvalue weighted by Crippen LogP contribution is 2.32. The van der Waals surface area contributed by atoms with Crippen molar-refractivity contribution in [3.8, 4) is 0 Å². The lowest BCUT2D eigenvalue weighted by molar-refractivity contribution is 0.0678. The van der Waals surface area contributed by atoms with Crippen LogP contribution in [0.15, 0.2) is 0 Å². The van der Waals surface area contributed by atoms with Crippen molar-refractivity contribution in [1.82, 2.24) is 24.5 Å². The van der Waals surface area contributed by atoms with Crippen LogP contribution in [0.2, 0.25) is 0 Å². The summed E-state index contributed by atoms with van der Waals surface area (Å²) in [5.41, 5.74) is 3.36. The Hall–Kier alpha value is -1.40. The number of fused-ring (bicyclic) bond motifs is 1. The Kier molecular flexibility index (Phi) is 7.41. The number of aromatic nitrogens is 2. The molecule has 6 nitrogen and oxygen atoms in total. The van der Waals surface area contributed by atoms with E-state index in [2.05, 4.69) is 14.5 Å². The van der Waals surface area contributed by atoms with Crippen molar-refractivity contribution < 1.29 is 4.79 Å². The van der Waals surface area contributed by atoms with E-state index in [9.17, 15) is 4.79 Å². The number of likely N-dealkylation sites (tertiary alicyclic amines) is 2. The van der Waals surface area contributed by atoms with E-state index in [1.54, 1.807) is 4.90 Å². The predicted molar refractivity (Wildman–Crippen MR) is 133 cm³/mol. The Morgan fingerprint density at radius 3 is 2.21 bits per heavy atom. The summed E-state index contributed by atoms with van der Waals surface area (Å²) in [5.74, 6) is 0.815. The van der Waals surface area contributed by atoms with Crippen molar-refractivity contribution in [2.45, 2.75) is 102 Å². The van der Waals surface area contributed by atoms with Gasteiger partial charge in [0.15, 0.2) is 5.69 Å². The third-order valence-electron chi connectivity index (χ3n) is 9.01. The van der Waals surface area contributed by atoms with E-state index in [0.717, 1.165) is 37.0 Å². The summed E-state index contributed by atoms with van der Waals surface area (Å²) in [6.07, 6.45) is 16.8. The van der Waals surface area contributed by atoms with E-state index in [0.29, 0.717) is 6.04 Å². The highest BCUT2D eigenvalue weighted by molar-refractivity contribution is 5.93. The predicted octanol–water partition coefficient (Wildman–Crippen LogP) is 3.97. The van der Waals surface area contributed by atoms with E-state index in [1.165, 1.54) is 108 Å². The minimum atomic E-state index is 0.0816. The molecule has 33 heavy (non-hydrogen) atoms. The highest BCUT2D eigenvalue weighted by Gasteiger charge is 2.35. The topological polar surface area (TPSA) is 44.6 Å². The van der Waals surface area contributed by atoms with Crippen LogP contribution in [0.5, 0.6) is 0 Å². The Balaban J connectivity index is 1.27. The monoisotopic (exact) mass is 455 g/mol. The van der Waals surface area contributed by atoms with Gasteiger partial charge in [-0.1, -0.05) is 25.7 Å². The van der Waals surface area contributed by atoms with Crippen molar-refractivity contribution in [3.63, 3.8) is 0 Å². The van der Waals surface area contributed by atoms with Gasteiger partial charge in [0.1, 0.15) is 0 Å². The first kappa shape index (κ1) is 23.3. The number of rotatable bonds is 5. The molecule has 3 heterocycles. The average Bonchev–Trinajstić information content (AvgIpc) is 3.22. The molecule has 0 N–H and O–H groups in total. The molecule has 184 valence electrons. The zero-order valence-corrected chi connectivity index (χ0v) is 21.1. The molecule has 6 heteroatoms. The molecule has 3 fully saturated rings. The van der Waals surface area contributed by atoms with E-state index >= 15 is 0 Å². The summed E-state index contributed by atoms with van der Waals surface area (Å²) >= 11 is 0. The molecule has 1 amide bonds. The van der Waals surface area contributed by atoms with Gasteiger partial charge in [0.2, 0.25) is 0 Å². The molecule has 2 saturated heterocycles. The van der Waals surface area contributed by atoms with Gasteiger partial charge in [-0.15, -0.1) is 0 Å². The van der Waals surface area contributed by atoms with Crippen molar-refractivity contribution in [2.24, 2.45) is 5.92 Å². The summed E-state index contributed by atoms with van der Waals surface area (Å²) in [7, 11) is 3.72. The normalized spacial score (nSPS) is 26.3. The largest absolute Gasteiger partial charge is 0.343 e. The van der Waals surface area contributed by atoms with Gasteiger partial charge < -0.3 is 9.80 Å². The van der Waals surface area contributed by atoms with Crippen molar-refractivity contribution in [3.05, 3.63) is 17.0 Å². The number of carbonyl (C=O) groups excluding carboxylic acids is 1. The maximum atomic E-state index is 13.1. The molecule has 1 aromatic heterocycles. The smallest absolute Gasteiger partial charge is 0.274 e. The van der Waals surface area contributed by atoms with Crippen LogP contribution in [0.1, 0.15) is 92.4 Å². The van der Waals surface area contributed by atoms with E-state index in [-0.39, 0.29) is 5.91 Å². The molecule has 4 aliphatic rings. The first-order valence-electron chi connectivity index (χ1n) is 13.9. The number of nitrogens with zero attached hydrogens (tertiary/aromatic N) is 5. The Morgan fingerprint density at radius 1 is 0.848 bits per heavy atom. The van der Waals surface area contributed by atoms with Gasteiger partial charge in [-0.2, -0.15) is 5.10 Å². The van der Waals surface area contributed by atoms with Crippen LogP contribution >= 0.6 is 0 Å². The second-order valence-electron chi connectivity index (χ2n) is 11.4. The second kappa shape index (κ2) is 10.5. The summed E-state index contributed by atoms with van der Waals surface area (Å²) in [5, 5.41) is 4.96. The quantitative estimate of drug-likeness (QED) is 0.674. The second-order valence-corrected chi connectivity index (χ2v) is 11.4. The van der Waals surface area contributed by atoms with Crippen LogP contribution in [0.3, 0.4) is 0 Å². The van der Waals surface area contributed by atoms with Crippen molar-refractivity contribution >= 4 is 5.91 Å². The molecule has 5 rings (SSSR count). The number of amides is 1. The van der Waals surface area contributed by atoms with E-state index in [1.807, 2.05) is 14.1 Å². The molecule has 0 bridgehead atoms. The molecule has 1 saturated carbocycles. The Labute approximate surface area is 200 Å². The third kappa shape index (κ3) is 5.17. The zero-order valence-electron chi connectivity index (χ0n) is 21.1. The first-order valence-corrected chi connectivity index (χ1v) is 13.9. The molecule has 0 aromatic carbocycles. The molecule has 1 unspecified atom stereocenters. The van der Waals surface area contributed by atoms with Crippen LogP contribution in [0.25, 0.3) is 0 Å². The fourth-order valence-electron chi connectivity index (χ4n) is 7.03. The molecular formula is C27H45N5O. The molecule has 2 aliphatic heterocycles. The number of carbonyl (C=O) groups is 1. The first-order chi connectivity index (χ1) is 16.1. The van der Waals surface area contributed by atoms with Gasteiger partial charge in [0.25, 0.3) is 5.91 Å². The summed E-state index contributed by atoms with van der Waals surface area (Å²) in [4.78, 5) is 20.3. The lowest BCUT2D eigenvalue weighted by Gasteiger charge is -2.43. The number of hydrogen-bond donors (Lipinski definition) is 0. The minimum Gasteiger partial charge on any atom is -0.343 e. The van der Waals surface area contributed by atoms with Gasteiger partial charge >= 0.3 is 0 Å². The third-order valence-corrected chi connectivity index (χ3v) is 9.01. The van der Waals surface area contributed by atoms with Crippen LogP contribution in [-0.2, 0) is 19.4 Å². The lowest BCUT2D eigenvalue weighted by atomic mass is 9.87. The van der Waals surface area contributed by atoms with Crippen LogP contribution in [0, 0.1) is 5.92 Å². The van der Waals surface area contributed by atoms with Gasteiger partial charge in [-0.05, 0) is 89.9 Å². The molecular weight excluding hydrogens is 410 g/mol. The van der Waals surface area contributed by atoms with Crippen molar-refractivity contribution in [2.75, 3.05) is 40.3 Å². The van der Waals surface area contributed by atoms with Crippen LogP contribution in [0.4, 0.5) is 0 Å². The van der Waals surface area contributed by atoms with Gasteiger partial charge in [-0.25, -0.2) is 0 Å². The molecule has 2 aliphatic carbocycles. The fraction of sp³-hybridized carbons (Fsp3) is 0.852. The Morgan fingerprint density at radius 2 is 1.52 bits per heavy atom. The van der Waals surface area contributed by atoms with Gasteiger partial charge in [-0.3, -0.25) is 14.4 Å².